The second kappa shape index (κ2) is 8.43. The molecule has 0 radical (unpaired) electrons. The van der Waals surface area contributed by atoms with Gasteiger partial charge in [-0.25, -0.2) is 0 Å². The fraction of sp³-hybridized carbons (Fsp3) is 0.100. The highest BCUT2D eigenvalue weighted by Gasteiger charge is 2.50. The van der Waals surface area contributed by atoms with E-state index < -0.39 is 0 Å². The average molecular weight is 581 g/mol. The highest BCUT2D eigenvalue weighted by Crippen LogP contribution is 2.56. The number of thiophene rings is 1. The lowest BCUT2D eigenvalue weighted by Crippen LogP contribution is -2.63. The topological polar surface area (TPSA) is 6.48 Å². The van der Waals surface area contributed by atoms with Crippen LogP contribution in [0.15, 0.2) is 121 Å². The van der Waals surface area contributed by atoms with Crippen LogP contribution in [0.4, 0.5) is 28.4 Å². The molecule has 0 atom stereocenters. The first-order valence-corrected chi connectivity index (χ1v) is 16.3. The van der Waals surface area contributed by atoms with Crippen molar-refractivity contribution in [3.63, 3.8) is 0 Å². The smallest absolute Gasteiger partial charge is 0.333 e. The molecule has 1 aromatic heterocycles. The molecule has 0 saturated carbocycles. The summed E-state index contributed by atoms with van der Waals surface area (Å²) in [5, 5.41) is 2.67. The molecular formula is C40H29BN2S. The monoisotopic (exact) mass is 580 g/mol. The number of hydrogen-bond donors (Lipinski definition) is 0. The van der Waals surface area contributed by atoms with Crippen molar-refractivity contribution in [3.05, 3.63) is 138 Å². The van der Waals surface area contributed by atoms with E-state index in [0.29, 0.717) is 0 Å². The number of hydrogen-bond acceptors (Lipinski definition) is 3. The van der Waals surface area contributed by atoms with Crippen molar-refractivity contribution < 1.29 is 0 Å². The lowest BCUT2D eigenvalue weighted by Gasteiger charge is -2.51. The van der Waals surface area contributed by atoms with Gasteiger partial charge in [0.05, 0.1) is 0 Å². The summed E-state index contributed by atoms with van der Waals surface area (Å²) in [4.78, 5) is 5.21. The van der Waals surface area contributed by atoms with Gasteiger partial charge >= 0.3 is 6.85 Å². The Kier molecular flexibility index (Phi) is 4.72. The second-order valence-electron chi connectivity index (χ2n) is 13.0. The Hall–Kier alpha value is -4.80. The van der Waals surface area contributed by atoms with E-state index in [1.165, 1.54) is 87.4 Å². The third-order valence-corrected chi connectivity index (χ3v) is 11.4. The third-order valence-electron chi connectivity index (χ3n) is 10.2. The van der Waals surface area contributed by atoms with Crippen molar-refractivity contribution in [2.75, 3.05) is 9.71 Å². The van der Waals surface area contributed by atoms with Gasteiger partial charge in [-0.15, -0.1) is 11.3 Å². The molecule has 0 amide bonds. The van der Waals surface area contributed by atoms with Crippen LogP contribution in [-0.2, 0) is 5.41 Å². The molecule has 0 bridgehead atoms. The fourth-order valence-electron chi connectivity index (χ4n) is 8.34. The Balaban J connectivity index is 1.39. The Morgan fingerprint density at radius 3 is 2.27 bits per heavy atom. The lowest BCUT2D eigenvalue weighted by atomic mass is 9.42. The van der Waals surface area contributed by atoms with Gasteiger partial charge in [-0.3, -0.25) is 0 Å². The zero-order valence-corrected chi connectivity index (χ0v) is 25.7. The molecule has 4 heteroatoms. The predicted molar refractivity (Wildman–Crippen MR) is 190 cm³/mol. The SMILES string of the molecule is Cc1cc2c3c(c1)N(c1ccccc1)c1cc4c(cc1B3N1c3ccccc3C(C)(C)c3cccc-2c31)sc1ccccc14. The van der Waals surface area contributed by atoms with Gasteiger partial charge in [-0.2, -0.15) is 0 Å². The van der Waals surface area contributed by atoms with E-state index in [9.17, 15) is 0 Å². The summed E-state index contributed by atoms with van der Waals surface area (Å²) in [6, 6.07) is 45.7. The highest BCUT2D eigenvalue weighted by molar-refractivity contribution is 7.26. The zero-order chi connectivity index (χ0) is 29.3. The van der Waals surface area contributed by atoms with Crippen LogP contribution < -0.4 is 20.6 Å². The molecule has 2 nitrogen and oxygen atoms in total. The molecule has 0 N–H and O–H groups in total. The summed E-state index contributed by atoms with van der Waals surface area (Å²) >= 11 is 1.91. The standard InChI is InChI=1S/C40H29BN2S/c1-24-20-29-27-15-11-17-31-39(27)43(33-18-9-8-16-30(33)40(31,2)3)41-32-23-37-28(26-14-7-10-19-36(26)44-37)22-34(32)42(35(21-24)38(29)41)25-12-5-4-6-13-25/h4-23H,1-3H3. The number of para-hydroxylation sites is 3. The lowest BCUT2D eigenvalue weighted by molar-refractivity contribution is 0.634. The first kappa shape index (κ1) is 24.6. The van der Waals surface area contributed by atoms with Crippen LogP contribution in [-0.4, -0.2) is 6.85 Å². The van der Waals surface area contributed by atoms with Crippen molar-refractivity contribution in [3.8, 4) is 11.1 Å². The van der Waals surface area contributed by atoms with Gasteiger partial charge in [-0.1, -0.05) is 92.7 Å². The fourth-order valence-corrected chi connectivity index (χ4v) is 9.48. The van der Waals surface area contributed by atoms with Gasteiger partial charge in [0, 0.05) is 59.6 Å². The van der Waals surface area contributed by atoms with Crippen LogP contribution in [0.1, 0.15) is 30.5 Å². The minimum atomic E-state index is -0.106. The Morgan fingerprint density at radius 2 is 1.39 bits per heavy atom. The third kappa shape index (κ3) is 3.01. The van der Waals surface area contributed by atoms with Gasteiger partial charge in [0.1, 0.15) is 0 Å². The van der Waals surface area contributed by atoms with E-state index >= 15 is 0 Å². The Morgan fingerprint density at radius 1 is 0.614 bits per heavy atom. The largest absolute Gasteiger partial charge is 0.376 e. The van der Waals surface area contributed by atoms with Gasteiger partial charge in [0.15, 0.2) is 0 Å². The molecule has 208 valence electrons. The van der Waals surface area contributed by atoms with Crippen LogP contribution in [0.5, 0.6) is 0 Å². The maximum absolute atomic E-state index is 2.69. The number of anilines is 5. The number of aryl methyl sites for hydroxylation is 1. The van der Waals surface area contributed by atoms with Crippen molar-refractivity contribution >= 4 is 77.7 Å². The normalized spacial score (nSPS) is 15.2. The van der Waals surface area contributed by atoms with E-state index in [0.717, 1.165) is 0 Å². The first-order valence-electron chi connectivity index (χ1n) is 15.5. The average Bonchev–Trinajstić information content (AvgIpc) is 3.41. The molecule has 6 aromatic carbocycles. The van der Waals surface area contributed by atoms with Crippen molar-refractivity contribution in [2.24, 2.45) is 0 Å². The van der Waals surface area contributed by atoms with Crippen LogP contribution in [0.25, 0.3) is 31.3 Å². The molecule has 0 spiro atoms. The van der Waals surface area contributed by atoms with Crippen LogP contribution >= 0.6 is 11.3 Å². The van der Waals surface area contributed by atoms with E-state index in [4.69, 9.17) is 0 Å². The molecule has 10 rings (SSSR count). The molecule has 4 heterocycles. The van der Waals surface area contributed by atoms with Crippen molar-refractivity contribution in [2.45, 2.75) is 26.2 Å². The first-order chi connectivity index (χ1) is 21.5. The summed E-state index contributed by atoms with van der Waals surface area (Å²) in [6.07, 6.45) is 0. The summed E-state index contributed by atoms with van der Waals surface area (Å²) in [5.41, 5.74) is 15.8. The molecule has 0 saturated heterocycles. The number of fused-ring (bicyclic) bond motifs is 9. The summed E-state index contributed by atoms with van der Waals surface area (Å²) in [6.45, 7) is 7.09. The van der Waals surface area contributed by atoms with Gasteiger partial charge in [0.25, 0.3) is 0 Å². The van der Waals surface area contributed by atoms with Crippen LogP contribution in [0.2, 0.25) is 0 Å². The van der Waals surface area contributed by atoms with Crippen LogP contribution in [0, 0.1) is 6.92 Å². The van der Waals surface area contributed by atoms with Gasteiger partial charge < -0.3 is 9.71 Å². The number of benzene rings is 6. The molecule has 44 heavy (non-hydrogen) atoms. The van der Waals surface area contributed by atoms with E-state index in [-0.39, 0.29) is 12.3 Å². The van der Waals surface area contributed by atoms with Crippen LogP contribution in [0.3, 0.4) is 0 Å². The molecule has 0 aliphatic carbocycles. The highest BCUT2D eigenvalue weighted by atomic mass is 32.1. The Labute approximate surface area is 261 Å². The van der Waals surface area contributed by atoms with E-state index in [1.54, 1.807) is 0 Å². The molecule has 0 fully saturated rings. The number of rotatable bonds is 1. The maximum Gasteiger partial charge on any atom is 0.333 e. The Bertz CT molecular complexity index is 2350. The minimum Gasteiger partial charge on any atom is -0.376 e. The molecule has 7 aromatic rings. The maximum atomic E-state index is 2.69. The minimum absolute atomic E-state index is 0.0519. The van der Waals surface area contributed by atoms with Crippen molar-refractivity contribution in [1.29, 1.82) is 0 Å². The van der Waals surface area contributed by atoms with Gasteiger partial charge in [-0.05, 0) is 82.6 Å². The van der Waals surface area contributed by atoms with Gasteiger partial charge in [0.2, 0.25) is 0 Å². The molecule has 0 unspecified atom stereocenters. The molecule has 3 aliphatic heterocycles. The quantitative estimate of drug-likeness (QED) is 0.178. The summed E-state index contributed by atoms with van der Waals surface area (Å²) in [7, 11) is 0. The second-order valence-corrected chi connectivity index (χ2v) is 14.1. The zero-order valence-electron chi connectivity index (χ0n) is 24.9. The molecular weight excluding hydrogens is 551 g/mol. The predicted octanol–water partition coefficient (Wildman–Crippen LogP) is 9.71. The van der Waals surface area contributed by atoms with E-state index in [1.807, 2.05) is 11.3 Å². The number of nitrogens with zero attached hydrogens (tertiary/aromatic N) is 2. The molecule has 3 aliphatic rings. The van der Waals surface area contributed by atoms with E-state index in [2.05, 4.69) is 152 Å². The van der Waals surface area contributed by atoms with Crippen molar-refractivity contribution in [1.82, 2.24) is 0 Å². The summed E-state index contributed by atoms with van der Waals surface area (Å²) in [5.74, 6) is 0. The summed E-state index contributed by atoms with van der Waals surface area (Å²) < 4.78 is 2.69.